The highest BCUT2D eigenvalue weighted by Crippen LogP contribution is 2.65. The molecule has 0 aliphatic heterocycles. The predicted octanol–water partition coefficient (Wildman–Crippen LogP) is 7.72. The van der Waals surface area contributed by atoms with Crippen LogP contribution in [0.2, 0.25) is 0 Å². The van der Waals surface area contributed by atoms with Crippen molar-refractivity contribution in [3.05, 3.63) is 35.5 Å². The molecular formula is C29H46O. The molecule has 2 fully saturated rings. The van der Waals surface area contributed by atoms with E-state index >= 15 is 0 Å². The molecule has 1 heteroatoms. The van der Waals surface area contributed by atoms with Crippen molar-refractivity contribution in [1.82, 2.24) is 0 Å². The van der Waals surface area contributed by atoms with E-state index in [-0.39, 0.29) is 11.5 Å². The summed E-state index contributed by atoms with van der Waals surface area (Å²) in [5.74, 6) is 4.53. The fourth-order valence-corrected chi connectivity index (χ4v) is 8.13. The van der Waals surface area contributed by atoms with Crippen LogP contribution in [-0.2, 0) is 0 Å². The monoisotopic (exact) mass is 410 g/mol. The van der Waals surface area contributed by atoms with E-state index in [2.05, 4.69) is 65.8 Å². The molecular weight excluding hydrogens is 364 g/mol. The van der Waals surface area contributed by atoms with E-state index in [1.807, 2.05) is 0 Å². The maximum absolute atomic E-state index is 10.2. The van der Waals surface area contributed by atoms with Crippen LogP contribution in [0.1, 0.15) is 92.9 Å². The highest BCUT2D eigenvalue weighted by Gasteiger charge is 2.56. The highest BCUT2D eigenvalue weighted by atomic mass is 16.3. The zero-order valence-corrected chi connectivity index (χ0v) is 20.5. The smallest absolute Gasteiger partial charge is 0.0578 e. The Kier molecular flexibility index (Phi) is 6.17. The molecule has 8 atom stereocenters. The number of aliphatic hydroxyl groups excluding tert-OH is 1. The van der Waals surface area contributed by atoms with Crippen LogP contribution in [0, 0.1) is 46.3 Å². The third-order valence-electron chi connectivity index (χ3n) is 10.2. The normalized spacial score (nSPS) is 42.9. The maximum Gasteiger partial charge on any atom is 0.0578 e. The van der Waals surface area contributed by atoms with Crippen molar-refractivity contribution in [3.63, 3.8) is 0 Å². The Labute approximate surface area is 186 Å². The van der Waals surface area contributed by atoms with E-state index in [1.54, 1.807) is 5.57 Å². The van der Waals surface area contributed by atoms with Crippen molar-refractivity contribution in [3.8, 4) is 0 Å². The molecule has 0 aromatic carbocycles. The van der Waals surface area contributed by atoms with Gasteiger partial charge in [0.15, 0.2) is 0 Å². The number of aliphatic hydroxyl groups is 1. The molecule has 0 unspecified atom stereocenters. The standard InChI is InChI=1S/C29H46O/c1-7-21(19(2)3)9-8-20(4)25-12-13-26-24-11-10-22-18-23(30)14-16-28(22,5)27(24)15-17-29(25,26)6/h8-10,15,19-21,23-26,30H,7,11-14,16-18H2,1-6H3/b9-8+/t20-,21+,23-,24-,25+,26-,28-,29+/m0/s1. The van der Waals surface area contributed by atoms with Crippen LogP contribution in [0.15, 0.2) is 35.5 Å². The van der Waals surface area contributed by atoms with Crippen LogP contribution >= 0.6 is 0 Å². The van der Waals surface area contributed by atoms with Crippen molar-refractivity contribution < 1.29 is 5.11 Å². The molecule has 2 saturated carbocycles. The summed E-state index contributed by atoms with van der Waals surface area (Å²) in [7, 11) is 0. The quantitative estimate of drug-likeness (QED) is 0.460. The van der Waals surface area contributed by atoms with E-state index in [1.165, 1.54) is 37.7 Å². The first-order valence-corrected chi connectivity index (χ1v) is 13.0. The van der Waals surface area contributed by atoms with Gasteiger partial charge in [-0.2, -0.15) is 0 Å². The van der Waals surface area contributed by atoms with Gasteiger partial charge in [0.1, 0.15) is 0 Å². The predicted molar refractivity (Wildman–Crippen MR) is 128 cm³/mol. The zero-order chi connectivity index (χ0) is 21.7. The van der Waals surface area contributed by atoms with E-state index in [9.17, 15) is 5.11 Å². The third-order valence-corrected chi connectivity index (χ3v) is 10.2. The van der Waals surface area contributed by atoms with Gasteiger partial charge in [-0.25, -0.2) is 0 Å². The van der Waals surface area contributed by atoms with Gasteiger partial charge in [-0.15, -0.1) is 0 Å². The van der Waals surface area contributed by atoms with E-state index in [4.69, 9.17) is 0 Å². The Balaban J connectivity index is 1.55. The lowest BCUT2D eigenvalue weighted by Crippen LogP contribution is -2.45. The highest BCUT2D eigenvalue weighted by molar-refractivity contribution is 5.39. The van der Waals surface area contributed by atoms with Gasteiger partial charge in [-0.3, -0.25) is 0 Å². The SMILES string of the molecule is CC[C@H](/C=C/[C@H](C)[C@H]1CC[C@H]2[C@@H]3CC=C4C[C@@H](O)CC[C@]4(C)C3=CC[C@]12C)C(C)C. The van der Waals surface area contributed by atoms with Gasteiger partial charge in [-0.05, 0) is 92.3 Å². The van der Waals surface area contributed by atoms with Crippen molar-refractivity contribution in [2.75, 3.05) is 0 Å². The minimum atomic E-state index is -0.114. The van der Waals surface area contributed by atoms with E-state index in [0.29, 0.717) is 11.3 Å². The number of rotatable bonds is 5. The molecule has 4 aliphatic carbocycles. The second-order valence-electron chi connectivity index (χ2n) is 12.0. The molecule has 0 aromatic heterocycles. The number of allylic oxidation sites excluding steroid dienone is 5. The average molecular weight is 411 g/mol. The molecule has 30 heavy (non-hydrogen) atoms. The largest absolute Gasteiger partial charge is 0.393 e. The summed E-state index contributed by atoms with van der Waals surface area (Å²) < 4.78 is 0. The number of hydrogen-bond acceptors (Lipinski definition) is 1. The molecule has 0 aromatic rings. The molecule has 0 radical (unpaired) electrons. The Morgan fingerprint density at radius 2 is 1.87 bits per heavy atom. The summed E-state index contributed by atoms with van der Waals surface area (Å²) in [4.78, 5) is 0. The van der Waals surface area contributed by atoms with Crippen LogP contribution in [0.25, 0.3) is 0 Å². The Bertz CT molecular complexity index is 727. The van der Waals surface area contributed by atoms with Gasteiger partial charge < -0.3 is 5.11 Å². The van der Waals surface area contributed by atoms with E-state index < -0.39 is 0 Å². The van der Waals surface area contributed by atoms with Gasteiger partial charge in [0.25, 0.3) is 0 Å². The lowest BCUT2D eigenvalue weighted by atomic mass is 9.51. The zero-order valence-electron chi connectivity index (χ0n) is 20.5. The molecule has 1 N–H and O–H groups in total. The van der Waals surface area contributed by atoms with Gasteiger partial charge in [0.05, 0.1) is 6.10 Å². The van der Waals surface area contributed by atoms with Crippen LogP contribution in [0.4, 0.5) is 0 Å². The lowest BCUT2D eigenvalue weighted by Gasteiger charge is -2.54. The molecule has 0 amide bonds. The Hall–Kier alpha value is -0.820. The van der Waals surface area contributed by atoms with Crippen molar-refractivity contribution in [1.29, 1.82) is 0 Å². The fourth-order valence-electron chi connectivity index (χ4n) is 8.13. The second-order valence-corrected chi connectivity index (χ2v) is 12.0. The molecule has 0 heterocycles. The summed E-state index contributed by atoms with van der Waals surface area (Å²) in [6, 6.07) is 0. The fraction of sp³-hybridized carbons (Fsp3) is 0.793. The van der Waals surface area contributed by atoms with Crippen LogP contribution in [-0.4, -0.2) is 11.2 Å². The van der Waals surface area contributed by atoms with Gasteiger partial charge in [-0.1, -0.05) is 77.0 Å². The summed E-state index contributed by atoms with van der Waals surface area (Å²) in [5, 5.41) is 10.2. The molecule has 0 spiro atoms. The first kappa shape index (κ1) is 22.4. The molecule has 1 nitrogen and oxygen atoms in total. The van der Waals surface area contributed by atoms with Crippen LogP contribution in [0.5, 0.6) is 0 Å². The molecule has 168 valence electrons. The minimum Gasteiger partial charge on any atom is -0.393 e. The third kappa shape index (κ3) is 3.58. The minimum absolute atomic E-state index is 0.114. The summed E-state index contributed by atoms with van der Waals surface area (Å²) in [6.45, 7) is 14.6. The van der Waals surface area contributed by atoms with Crippen LogP contribution in [0.3, 0.4) is 0 Å². The van der Waals surface area contributed by atoms with Gasteiger partial charge in [0.2, 0.25) is 0 Å². The maximum atomic E-state index is 10.2. The Morgan fingerprint density at radius 1 is 1.10 bits per heavy atom. The van der Waals surface area contributed by atoms with Crippen molar-refractivity contribution >= 4 is 0 Å². The lowest BCUT2D eigenvalue weighted by molar-refractivity contribution is 0.0664. The van der Waals surface area contributed by atoms with Gasteiger partial charge >= 0.3 is 0 Å². The number of fused-ring (bicyclic) bond motifs is 5. The molecule has 4 aliphatic rings. The number of hydrogen-bond donors (Lipinski definition) is 1. The molecule has 4 rings (SSSR count). The first-order chi connectivity index (χ1) is 14.2. The van der Waals surface area contributed by atoms with E-state index in [0.717, 1.165) is 48.9 Å². The first-order valence-electron chi connectivity index (χ1n) is 13.0. The van der Waals surface area contributed by atoms with Gasteiger partial charge in [0, 0.05) is 5.41 Å². The summed E-state index contributed by atoms with van der Waals surface area (Å²) in [6.07, 6.45) is 19.8. The second kappa shape index (κ2) is 8.27. The molecule has 0 saturated heterocycles. The average Bonchev–Trinajstić information content (AvgIpc) is 3.06. The Morgan fingerprint density at radius 3 is 2.57 bits per heavy atom. The van der Waals surface area contributed by atoms with Crippen molar-refractivity contribution in [2.45, 2.75) is 99.0 Å². The summed E-state index contributed by atoms with van der Waals surface area (Å²) >= 11 is 0. The summed E-state index contributed by atoms with van der Waals surface area (Å²) in [5.41, 5.74) is 3.98. The van der Waals surface area contributed by atoms with Crippen molar-refractivity contribution in [2.24, 2.45) is 46.3 Å². The molecule has 0 bridgehead atoms. The topological polar surface area (TPSA) is 20.2 Å². The van der Waals surface area contributed by atoms with Crippen LogP contribution < -0.4 is 0 Å².